The Balaban J connectivity index is 2.18. The van der Waals surface area contributed by atoms with E-state index in [0.717, 1.165) is 11.3 Å². The molecule has 0 aliphatic carbocycles. The van der Waals surface area contributed by atoms with Crippen LogP contribution in [0.3, 0.4) is 0 Å². The summed E-state index contributed by atoms with van der Waals surface area (Å²) in [6.45, 7) is 4.15. The molecule has 4 nitrogen and oxygen atoms in total. The second-order valence-corrected chi connectivity index (χ2v) is 4.74. The molecule has 2 rings (SSSR count). The number of nitrogens with one attached hydrogen (secondary N) is 1. The van der Waals surface area contributed by atoms with Crippen LogP contribution < -0.4 is 5.32 Å². The quantitative estimate of drug-likeness (QED) is 0.828. The van der Waals surface area contributed by atoms with Gasteiger partial charge in [0.1, 0.15) is 6.04 Å². The highest BCUT2D eigenvalue weighted by Gasteiger charge is 2.24. The SMILES string of the molecule is CCOC(=O)C(NC(C)c1ccccn1)c1ccccc1. The van der Waals surface area contributed by atoms with Crippen molar-refractivity contribution in [2.45, 2.75) is 25.9 Å². The van der Waals surface area contributed by atoms with E-state index < -0.39 is 6.04 Å². The van der Waals surface area contributed by atoms with Crippen molar-refractivity contribution in [3.63, 3.8) is 0 Å². The number of carbonyl (C=O) groups excluding carboxylic acids is 1. The zero-order valence-electron chi connectivity index (χ0n) is 12.3. The number of hydrogen-bond donors (Lipinski definition) is 1. The van der Waals surface area contributed by atoms with Gasteiger partial charge in [-0.2, -0.15) is 0 Å². The summed E-state index contributed by atoms with van der Waals surface area (Å²) in [6, 6.07) is 14.8. The van der Waals surface area contributed by atoms with Crippen molar-refractivity contribution >= 4 is 5.97 Å². The molecule has 0 saturated heterocycles. The lowest BCUT2D eigenvalue weighted by Crippen LogP contribution is -2.32. The van der Waals surface area contributed by atoms with Gasteiger partial charge in [-0.25, -0.2) is 4.79 Å². The predicted octanol–water partition coefficient (Wildman–Crippen LogP) is 3.04. The third-order valence-electron chi connectivity index (χ3n) is 3.20. The average Bonchev–Trinajstić information content (AvgIpc) is 2.54. The molecule has 0 aliphatic heterocycles. The van der Waals surface area contributed by atoms with Crippen LogP contribution in [0, 0.1) is 0 Å². The number of hydrogen-bond acceptors (Lipinski definition) is 4. The van der Waals surface area contributed by atoms with Gasteiger partial charge in [0.05, 0.1) is 12.3 Å². The van der Waals surface area contributed by atoms with E-state index in [-0.39, 0.29) is 12.0 Å². The van der Waals surface area contributed by atoms with Crippen LogP contribution in [0.25, 0.3) is 0 Å². The summed E-state index contributed by atoms with van der Waals surface area (Å²) in [5, 5.41) is 3.30. The van der Waals surface area contributed by atoms with E-state index in [1.165, 1.54) is 0 Å². The molecular formula is C17H20N2O2. The van der Waals surface area contributed by atoms with Crippen LogP contribution in [0.2, 0.25) is 0 Å². The second kappa shape index (κ2) is 7.55. The number of benzene rings is 1. The van der Waals surface area contributed by atoms with Crippen molar-refractivity contribution in [3.05, 3.63) is 66.0 Å². The van der Waals surface area contributed by atoms with E-state index in [9.17, 15) is 4.79 Å². The average molecular weight is 284 g/mol. The molecule has 0 aliphatic rings. The largest absolute Gasteiger partial charge is 0.465 e. The van der Waals surface area contributed by atoms with Crippen molar-refractivity contribution in [3.8, 4) is 0 Å². The topological polar surface area (TPSA) is 51.2 Å². The molecule has 0 radical (unpaired) electrons. The zero-order chi connectivity index (χ0) is 15.1. The van der Waals surface area contributed by atoms with E-state index in [1.807, 2.05) is 62.4 Å². The van der Waals surface area contributed by atoms with Gasteiger partial charge in [0.25, 0.3) is 0 Å². The van der Waals surface area contributed by atoms with E-state index in [2.05, 4.69) is 10.3 Å². The highest BCUT2D eigenvalue weighted by molar-refractivity contribution is 5.77. The lowest BCUT2D eigenvalue weighted by molar-refractivity contribution is -0.146. The molecule has 1 aromatic carbocycles. The molecule has 1 heterocycles. The third kappa shape index (κ3) is 4.13. The number of nitrogens with zero attached hydrogens (tertiary/aromatic N) is 1. The Morgan fingerprint density at radius 3 is 2.52 bits per heavy atom. The molecule has 2 unspecified atom stereocenters. The molecule has 4 heteroatoms. The van der Waals surface area contributed by atoms with Crippen molar-refractivity contribution in [1.82, 2.24) is 10.3 Å². The van der Waals surface area contributed by atoms with Gasteiger partial charge in [-0.05, 0) is 31.5 Å². The molecule has 0 spiro atoms. The van der Waals surface area contributed by atoms with Crippen LogP contribution >= 0.6 is 0 Å². The Hall–Kier alpha value is -2.20. The summed E-state index contributed by atoms with van der Waals surface area (Å²) in [7, 11) is 0. The summed E-state index contributed by atoms with van der Waals surface area (Å²) < 4.78 is 5.17. The Kier molecular flexibility index (Phi) is 5.46. The minimum absolute atomic E-state index is 0.0548. The van der Waals surface area contributed by atoms with Crippen LogP contribution in [-0.4, -0.2) is 17.6 Å². The van der Waals surface area contributed by atoms with Gasteiger partial charge in [0.2, 0.25) is 0 Å². The standard InChI is InChI=1S/C17H20N2O2/c1-3-21-17(20)16(14-9-5-4-6-10-14)19-13(2)15-11-7-8-12-18-15/h4-13,16,19H,3H2,1-2H3. The lowest BCUT2D eigenvalue weighted by Gasteiger charge is -2.22. The number of aromatic nitrogens is 1. The summed E-state index contributed by atoms with van der Waals surface area (Å²) >= 11 is 0. The van der Waals surface area contributed by atoms with Crippen molar-refractivity contribution < 1.29 is 9.53 Å². The molecule has 110 valence electrons. The van der Waals surface area contributed by atoms with Gasteiger partial charge in [-0.15, -0.1) is 0 Å². The van der Waals surface area contributed by atoms with E-state index in [4.69, 9.17) is 4.74 Å². The second-order valence-electron chi connectivity index (χ2n) is 4.74. The third-order valence-corrected chi connectivity index (χ3v) is 3.20. The molecule has 21 heavy (non-hydrogen) atoms. The Morgan fingerprint density at radius 2 is 1.90 bits per heavy atom. The smallest absolute Gasteiger partial charge is 0.327 e. The van der Waals surface area contributed by atoms with Crippen molar-refractivity contribution in [1.29, 1.82) is 0 Å². The number of esters is 1. The predicted molar refractivity (Wildman–Crippen MR) is 81.6 cm³/mol. The van der Waals surface area contributed by atoms with Gasteiger partial charge in [0.15, 0.2) is 0 Å². The van der Waals surface area contributed by atoms with Crippen molar-refractivity contribution in [2.75, 3.05) is 6.61 Å². The molecule has 0 saturated carbocycles. The van der Waals surface area contributed by atoms with Crippen LogP contribution in [0.5, 0.6) is 0 Å². The van der Waals surface area contributed by atoms with Crippen LogP contribution in [0.4, 0.5) is 0 Å². The minimum Gasteiger partial charge on any atom is -0.465 e. The molecule has 2 aromatic rings. The van der Waals surface area contributed by atoms with Crippen molar-refractivity contribution in [2.24, 2.45) is 0 Å². The van der Waals surface area contributed by atoms with E-state index in [1.54, 1.807) is 6.20 Å². The van der Waals surface area contributed by atoms with E-state index >= 15 is 0 Å². The number of carbonyl (C=O) groups is 1. The Morgan fingerprint density at radius 1 is 1.19 bits per heavy atom. The first-order valence-electron chi connectivity index (χ1n) is 7.11. The van der Waals surface area contributed by atoms with Crippen LogP contribution in [-0.2, 0) is 9.53 Å². The molecule has 0 fully saturated rings. The normalized spacial score (nSPS) is 13.4. The fourth-order valence-corrected chi connectivity index (χ4v) is 2.14. The summed E-state index contributed by atoms with van der Waals surface area (Å²) in [5.74, 6) is -0.272. The van der Waals surface area contributed by atoms with Gasteiger partial charge in [-0.1, -0.05) is 36.4 Å². The highest BCUT2D eigenvalue weighted by Crippen LogP contribution is 2.19. The van der Waals surface area contributed by atoms with Crippen LogP contribution in [0.1, 0.15) is 37.2 Å². The van der Waals surface area contributed by atoms with Gasteiger partial charge in [0, 0.05) is 12.2 Å². The first-order chi connectivity index (χ1) is 10.2. The molecule has 0 bridgehead atoms. The monoisotopic (exact) mass is 284 g/mol. The Labute approximate surface area is 125 Å². The van der Waals surface area contributed by atoms with Gasteiger partial charge >= 0.3 is 5.97 Å². The Bertz CT molecular complexity index is 558. The van der Waals surface area contributed by atoms with Gasteiger partial charge < -0.3 is 4.74 Å². The molecular weight excluding hydrogens is 264 g/mol. The summed E-state index contributed by atoms with van der Waals surface area (Å²) in [6.07, 6.45) is 1.75. The lowest BCUT2D eigenvalue weighted by atomic mass is 10.1. The van der Waals surface area contributed by atoms with E-state index in [0.29, 0.717) is 6.61 Å². The first-order valence-corrected chi connectivity index (χ1v) is 7.11. The number of ether oxygens (including phenoxy) is 1. The summed E-state index contributed by atoms with van der Waals surface area (Å²) in [4.78, 5) is 16.5. The fourth-order valence-electron chi connectivity index (χ4n) is 2.14. The summed E-state index contributed by atoms with van der Waals surface area (Å²) in [5.41, 5.74) is 1.78. The first kappa shape index (κ1) is 15.2. The molecule has 2 atom stereocenters. The van der Waals surface area contributed by atoms with Gasteiger partial charge in [-0.3, -0.25) is 10.3 Å². The number of pyridine rings is 1. The maximum Gasteiger partial charge on any atom is 0.327 e. The fraction of sp³-hybridized carbons (Fsp3) is 0.294. The molecule has 1 aromatic heterocycles. The van der Waals surface area contributed by atoms with Crippen LogP contribution in [0.15, 0.2) is 54.7 Å². The minimum atomic E-state index is -0.497. The number of rotatable bonds is 6. The molecule has 0 amide bonds. The maximum atomic E-state index is 12.2. The zero-order valence-corrected chi connectivity index (χ0v) is 12.3. The maximum absolute atomic E-state index is 12.2. The molecule has 1 N–H and O–H groups in total. The highest BCUT2D eigenvalue weighted by atomic mass is 16.5.